The molecule has 1 saturated carbocycles. The van der Waals surface area contributed by atoms with Crippen LogP contribution in [0.5, 0.6) is 0 Å². The number of benzene rings is 2. The molecule has 2 N–H and O–H groups in total. The van der Waals surface area contributed by atoms with Crippen molar-refractivity contribution in [3.63, 3.8) is 0 Å². The van der Waals surface area contributed by atoms with Crippen LogP contribution in [0, 0.1) is 0 Å². The molecule has 5 rings (SSSR count). The summed E-state index contributed by atoms with van der Waals surface area (Å²) in [6, 6.07) is 16.8. The van der Waals surface area contributed by atoms with Crippen LogP contribution in [0.15, 0.2) is 48.5 Å². The summed E-state index contributed by atoms with van der Waals surface area (Å²) >= 11 is 12.1. The Kier molecular flexibility index (Phi) is 7.38. The van der Waals surface area contributed by atoms with Crippen molar-refractivity contribution in [2.24, 2.45) is 0 Å². The Hall–Kier alpha value is -2.08. The number of piperidine rings is 1. The molecule has 2 amide bonds. The monoisotopic (exact) mass is 513 g/mol. The Morgan fingerprint density at radius 2 is 1.46 bits per heavy atom. The van der Waals surface area contributed by atoms with Crippen LogP contribution in [0.3, 0.4) is 0 Å². The van der Waals surface area contributed by atoms with Gasteiger partial charge in [-0.1, -0.05) is 60.3 Å². The number of halogens is 2. The molecule has 2 aliphatic heterocycles. The first kappa shape index (κ1) is 24.6. The van der Waals surface area contributed by atoms with Gasteiger partial charge in [0.1, 0.15) is 0 Å². The molecule has 3 aliphatic rings. The van der Waals surface area contributed by atoms with E-state index in [9.17, 15) is 9.59 Å². The van der Waals surface area contributed by atoms with Gasteiger partial charge in [-0.25, -0.2) is 0 Å². The average Bonchev–Trinajstić information content (AvgIpc) is 3.43. The zero-order valence-corrected chi connectivity index (χ0v) is 21.5. The van der Waals surface area contributed by atoms with Crippen molar-refractivity contribution in [2.75, 3.05) is 6.54 Å². The standard InChI is InChI=1S/C28H33Cl2N3O2/c29-21-7-3-19(4-8-21)18-33-24-11-12-25(33)16-23(15-24)32-26(34)17-31-27(35)28(13-1-2-14-28)20-5-9-22(30)10-6-20/h3-10,23-25H,1-2,11-18H2,(H,31,35)(H,32,34)/t23?,24-,25+. The maximum absolute atomic E-state index is 13.3. The summed E-state index contributed by atoms with van der Waals surface area (Å²) in [6.45, 7) is 0.949. The van der Waals surface area contributed by atoms with Gasteiger partial charge in [0.05, 0.1) is 12.0 Å². The number of hydrogen-bond donors (Lipinski definition) is 2. The smallest absolute Gasteiger partial charge is 0.239 e. The first-order valence-electron chi connectivity index (χ1n) is 12.8. The highest BCUT2D eigenvalue weighted by molar-refractivity contribution is 6.30. The Morgan fingerprint density at radius 1 is 0.886 bits per heavy atom. The zero-order chi connectivity index (χ0) is 24.4. The van der Waals surface area contributed by atoms with Crippen molar-refractivity contribution in [1.82, 2.24) is 15.5 Å². The Bertz CT molecular complexity index is 1040. The zero-order valence-electron chi connectivity index (χ0n) is 19.9. The first-order chi connectivity index (χ1) is 16.9. The van der Waals surface area contributed by atoms with Gasteiger partial charge in [-0.05, 0) is 73.9 Å². The molecule has 2 saturated heterocycles. The highest BCUT2D eigenvalue weighted by Gasteiger charge is 2.43. The summed E-state index contributed by atoms with van der Waals surface area (Å²) in [5.74, 6) is -0.150. The number of nitrogens with one attached hydrogen (secondary N) is 2. The van der Waals surface area contributed by atoms with Crippen LogP contribution in [-0.4, -0.2) is 41.4 Å². The largest absolute Gasteiger partial charge is 0.352 e. The molecule has 3 fully saturated rings. The molecule has 2 heterocycles. The molecule has 0 radical (unpaired) electrons. The second-order valence-electron chi connectivity index (χ2n) is 10.4. The Balaban J connectivity index is 1.14. The molecule has 2 aromatic carbocycles. The SMILES string of the molecule is O=C(CNC(=O)C1(c2ccc(Cl)cc2)CCCC1)NC1C[C@H]2CC[C@@H](C1)N2Cc1ccc(Cl)cc1. The van der Waals surface area contributed by atoms with Crippen molar-refractivity contribution in [1.29, 1.82) is 0 Å². The highest BCUT2D eigenvalue weighted by atomic mass is 35.5. The quantitative estimate of drug-likeness (QED) is 0.532. The molecule has 186 valence electrons. The second kappa shape index (κ2) is 10.5. The Morgan fingerprint density at radius 3 is 2.06 bits per heavy atom. The van der Waals surface area contributed by atoms with Gasteiger partial charge in [-0.2, -0.15) is 0 Å². The van der Waals surface area contributed by atoms with E-state index >= 15 is 0 Å². The fourth-order valence-electron chi connectivity index (χ4n) is 6.45. The van der Waals surface area contributed by atoms with Crippen LogP contribution in [0.4, 0.5) is 0 Å². The molecule has 3 atom stereocenters. The lowest BCUT2D eigenvalue weighted by Crippen LogP contribution is -2.52. The summed E-state index contributed by atoms with van der Waals surface area (Å²) in [4.78, 5) is 28.6. The molecule has 0 aromatic heterocycles. The van der Waals surface area contributed by atoms with E-state index in [-0.39, 0.29) is 24.4 Å². The van der Waals surface area contributed by atoms with Crippen molar-refractivity contribution < 1.29 is 9.59 Å². The molecule has 5 nitrogen and oxygen atoms in total. The fourth-order valence-corrected chi connectivity index (χ4v) is 6.71. The average molecular weight is 514 g/mol. The first-order valence-corrected chi connectivity index (χ1v) is 13.5. The molecular formula is C28H33Cl2N3O2. The van der Waals surface area contributed by atoms with E-state index in [0.717, 1.165) is 55.7 Å². The number of nitrogens with zero attached hydrogens (tertiary/aromatic N) is 1. The minimum atomic E-state index is -0.559. The molecule has 1 aliphatic carbocycles. The fraction of sp³-hybridized carbons (Fsp3) is 0.500. The highest BCUT2D eigenvalue weighted by Crippen LogP contribution is 2.42. The lowest BCUT2D eigenvalue weighted by molar-refractivity contribution is -0.130. The molecule has 35 heavy (non-hydrogen) atoms. The number of rotatable bonds is 7. The van der Waals surface area contributed by atoms with Gasteiger partial charge in [0.2, 0.25) is 11.8 Å². The van der Waals surface area contributed by atoms with Gasteiger partial charge in [0, 0.05) is 34.7 Å². The topological polar surface area (TPSA) is 61.4 Å². The summed E-state index contributed by atoms with van der Waals surface area (Å²) < 4.78 is 0. The predicted molar refractivity (Wildman–Crippen MR) is 140 cm³/mol. The maximum Gasteiger partial charge on any atom is 0.239 e. The minimum absolute atomic E-state index is 0.0223. The number of amides is 2. The molecular weight excluding hydrogens is 481 g/mol. The molecule has 2 aromatic rings. The van der Waals surface area contributed by atoms with Crippen molar-refractivity contribution in [3.05, 3.63) is 69.7 Å². The predicted octanol–water partition coefficient (Wildman–Crippen LogP) is 5.23. The van der Waals surface area contributed by atoms with Crippen LogP contribution in [0.25, 0.3) is 0 Å². The summed E-state index contributed by atoms with van der Waals surface area (Å²) in [5.41, 5.74) is 1.71. The van der Waals surface area contributed by atoms with Crippen molar-refractivity contribution in [2.45, 2.75) is 81.5 Å². The van der Waals surface area contributed by atoms with E-state index in [1.54, 1.807) is 0 Å². The van der Waals surface area contributed by atoms with Crippen LogP contribution >= 0.6 is 23.2 Å². The molecule has 1 unspecified atom stereocenters. The van der Waals surface area contributed by atoms with Crippen molar-refractivity contribution >= 4 is 35.0 Å². The summed E-state index contributed by atoms with van der Waals surface area (Å²) in [7, 11) is 0. The van der Waals surface area contributed by atoms with Gasteiger partial charge in [-0.3, -0.25) is 14.5 Å². The van der Waals surface area contributed by atoms with Crippen LogP contribution in [0.2, 0.25) is 10.0 Å². The summed E-state index contributed by atoms with van der Waals surface area (Å²) in [6.07, 6.45) is 7.89. The van der Waals surface area contributed by atoms with Gasteiger partial charge < -0.3 is 10.6 Å². The minimum Gasteiger partial charge on any atom is -0.352 e. The van der Waals surface area contributed by atoms with Gasteiger partial charge in [0.25, 0.3) is 0 Å². The van der Waals surface area contributed by atoms with E-state index in [0.29, 0.717) is 17.1 Å². The second-order valence-corrected chi connectivity index (χ2v) is 11.3. The van der Waals surface area contributed by atoms with Crippen LogP contribution in [-0.2, 0) is 21.5 Å². The van der Waals surface area contributed by atoms with Crippen LogP contribution < -0.4 is 10.6 Å². The normalized spacial score (nSPS) is 25.4. The van der Waals surface area contributed by atoms with E-state index < -0.39 is 5.41 Å². The van der Waals surface area contributed by atoms with Crippen molar-refractivity contribution in [3.8, 4) is 0 Å². The maximum atomic E-state index is 13.3. The van der Waals surface area contributed by atoms with E-state index in [4.69, 9.17) is 23.2 Å². The van der Waals surface area contributed by atoms with E-state index in [1.807, 2.05) is 36.4 Å². The van der Waals surface area contributed by atoms with Gasteiger partial charge in [0.15, 0.2) is 0 Å². The third-order valence-corrected chi connectivity index (χ3v) is 8.73. The number of fused-ring (bicyclic) bond motifs is 2. The van der Waals surface area contributed by atoms with Gasteiger partial charge in [-0.15, -0.1) is 0 Å². The number of carbonyl (C=O) groups is 2. The molecule has 7 heteroatoms. The number of carbonyl (C=O) groups excluding carboxylic acids is 2. The van der Waals surface area contributed by atoms with E-state index in [2.05, 4.69) is 27.7 Å². The van der Waals surface area contributed by atoms with Gasteiger partial charge >= 0.3 is 0 Å². The lowest BCUT2D eigenvalue weighted by atomic mass is 9.78. The molecule has 0 spiro atoms. The van der Waals surface area contributed by atoms with Crippen LogP contribution in [0.1, 0.15) is 62.5 Å². The lowest BCUT2D eigenvalue weighted by Gasteiger charge is -2.39. The van der Waals surface area contributed by atoms with E-state index in [1.165, 1.54) is 18.4 Å². The third kappa shape index (κ3) is 5.37. The Labute approximate surface area is 217 Å². The third-order valence-electron chi connectivity index (χ3n) is 8.23. The number of hydrogen-bond acceptors (Lipinski definition) is 3. The molecule has 2 bridgehead atoms. The summed E-state index contributed by atoms with van der Waals surface area (Å²) in [5, 5.41) is 7.57.